The fraction of sp³-hybridized carbons (Fsp3) is 0.682. The van der Waals surface area contributed by atoms with Gasteiger partial charge < -0.3 is 70.9 Å². The van der Waals surface area contributed by atoms with Crippen molar-refractivity contribution in [1.29, 1.82) is 0 Å². The maximum atomic E-state index is 13.9. The number of amides is 3. The minimum absolute atomic E-state index is 0.0224. The Labute approximate surface area is 490 Å². The van der Waals surface area contributed by atoms with Crippen molar-refractivity contribution in [2.45, 2.75) is 118 Å². The lowest BCUT2D eigenvalue weighted by atomic mass is 10.0. The zero-order chi connectivity index (χ0) is 60.8. The normalized spacial score (nSPS) is 30.1. The van der Waals surface area contributed by atoms with E-state index in [4.69, 9.17) is 62.3 Å². The number of nitrogens with two attached hydrogens (primary N) is 2. The summed E-state index contributed by atoms with van der Waals surface area (Å²) in [5, 5.41) is 28.9. The summed E-state index contributed by atoms with van der Waals surface area (Å²) in [4.78, 5) is 103. The van der Waals surface area contributed by atoms with E-state index in [1.807, 2.05) is 11.8 Å². The van der Waals surface area contributed by atoms with Gasteiger partial charge in [-0.05, 0) is 32.1 Å². The minimum atomic E-state index is -5.42. The van der Waals surface area contributed by atoms with Gasteiger partial charge in [0.1, 0.15) is 36.6 Å². The molecule has 0 aliphatic carbocycles. The maximum absolute atomic E-state index is 13.9. The van der Waals surface area contributed by atoms with Crippen LogP contribution in [0.4, 0.5) is 16.7 Å². The summed E-state index contributed by atoms with van der Waals surface area (Å²) in [5.74, 6) is 0.178. The fourth-order valence-electron chi connectivity index (χ4n) is 10.1. The molecular weight excluding hydrogens is 1230 g/mol. The number of aliphatic hydroxyl groups is 1. The number of hydrogen-bond acceptors (Lipinski definition) is 28. The van der Waals surface area contributed by atoms with E-state index in [-0.39, 0.29) is 71.3 Å². The Morgan fingerprint density at radius 2 is 1.43 bits per heavy atom. The molecule has 38 nitrogen and oxygen atoms in total. The van der Waals surface area contributed by atoms with Gasteiger partial charge in [-0.3, -0.25) is 60.6 Å². The van der Waals surface area contributed by atoms with Gasteiger partial charge in [0.25, 0.3) is 11.1 Å². The highest BCUT2D eigenvalue weighted by Crippen LogP contribution is 2.57. The van der Waals surface area contributed by atoms with Crippen molar-refractivity contribution in [3.05, 3.63) is 45.3 Å². The molecule has 0 saturated carbocycles. The van der Waals surface area contributed by atoms with E-state index in [0.29, 0.717) is 82.9 Å². The van der Waals surface area contributed by atoms with Crippen LogP contribution >= 0.6 is 35.2 Å². The molecule has 0 radical (unpaired) electrons. The Balaban J connectivity index is 0.659. The molecule has 6 unspecified atom stereocenters. The van der Waals surface area contributed by atoms with Crippen LogP contribution < -0.4 is 38.5 Å². The number of phosphoric acid groups is 3. The van der Waals surface area contributed by atoms with Gasteiger partial charge in [-0.25, -0.2) is 33.1 Å². The Morgan fingerprint density at radius 1 is 0.814 bits per heavy atom. The third-order valence-corrected chi connectivity index (χ3v) is 18.6. The predicted octanol–water partition coefficient (Wildman–Crippen LogP) is -1.40. The minimum Gasteiger partial charge on any atom is -0.386 e. The Kier molecular flexibility index (Phi) is 20.7. The summed E-state index contributed by atoms with van der Waals surface area (Å²) < 4.78 is 106. The molecule has 3 amide bonds. The molecule has 13 N–H and O–H groups in total. The van der Waals surface area contributed by atoms with Crippen LogP contribution in [-0.2, 0) is 82.3 Å². The van der Waals surface area contributed by atoms with E-state index in [2.05, 4.69) is 56.2 Å². The highest BCUT2D eigenvalue weighted by molar-refractivity contribution is 8.00. The summed E-state index contributed by atoms with van der Waals surface area (Å²) in [5.41, 5.74) is 9.65. The van der Waals surface area contributed by atoms with Gasteiger partial charge in [0.05, 0.1) is 96.4 Å². The molecule has 10 rings (SSSR count). The van der Waals surface area contributed by atoms with E-state index in [1.165, 1.54) is 0 Å². The summed E-state index contributed by atoms with van der Waals surface area (Å²) in [6.07, 6.45) is -6.72. The van der Waals surface area contributed by atoms with Crippen LogP contribution in [0.15, 0.2) is 28.4 Å². The van der Waals surface area contributed by atoms with Crippen LogP contribution in [0.3, 0.4) is 0 Å². The lowest BCUT2D eigenvalue weighted by Crippen LogP contribution is -2.39. The number of rotatable bonds is 27. The van der Waals surface area contributed by atoms with Gasteiger partial charge in [0.15, 0.2) is 34.8 Å². The molecule has 0 aromatic carbocycles. The second-order valence-corrected chi connectivity index (χ2v) is 25.7. The SMILES string of the molecule is Nc1nc2c(ncn2[C@@H]2O[C@@H]3COP(=O)(O)O[C@@H]4[C@H](O)[C@@H](n5cnc6c(=O)[nH]c(N)nc65)O[C@H]4COP(=O)(O)O[C@H]3[C@H]2OP(=O)(O)OCCCCc2cn(CCOCCOCCOCCNC(=O)CCCCC3SCC4NC(=O)NC43)nn2)c(=O)[nH]1. The van der Waals surface area contributed by atoms with Crippen LogP contribution in [0.1, 0.15) is 56.7 Å². The lowest BCUT2D eigenvalue weighted by Gasteiger charge is -2.29. The van der Waals surface area contributed by atoms with Crippen LogP contribution in [0.25, 0.3) is 22.3 Å². The number of carbonyl (C=O) groups is 2. The van der Waals surface area contributed by atoms with Gasteiger partial charge in [-0.2, -0.15) is 21.7 Å². The molecule has 10 heterocycles. The first kappa shape index (κ1) is 63.6. The van der Waals surface area contributed by atoms with Crippen molar-refractivity contribution < 1.29 is 93.9 Å². The second kappa shape index (κ2) is 28.0. The number of unbranched alkanes of at least 4 members (excludes halogenated alkanes) is 2. The summed E-state index contributed by atoms with van der Waals surface area (Å²) >= 11 is 1.86. The van der Waals surface area contributed by atoms with E-state index in [0.717, 1.165) is 46.8 Å². The molecule has 5 fully saturated rings. The number of nitrogens with one attached hydrogen (secondary N) is 5. The third-order valence-electron chi connectivity index (χ3n) is 14.1. The number of nitrogens with zero attached hydrogens (tertiary/aromatic N) is 9. The van der Waals surface area contributed by atoms with Crippen molar-refractivity contribution in [2.75, 3.05) is 83.2 Å². The molecule has 0 bridgehead atoms. The maximum Gasteiger partial charge on any atom is 0.472 e. The van der Waals surface area contributed by atoms with Gasteiger partial charge >= 0.3 is 29.5 Å². The van der Waals surface area contributed by atoms with Crippen LogP contribution in [0.2, 0.25) is 0 Å². The zero-order valence-electron chi connectivity index (χ0n) is 45.6. The highest BCUT2D eigenvalue weighted by atomic mass is 32.2. The van der Waals surface area contributed by atoms with Crippen molar-refractivity contribution in [2.24, 2.45) is 0 Å². The van der Waals surface area contributed by atoms with Gasteiger partial charge in [-0.1, -0.05) is 11.6 Å². The van der Waals surface area contributed by atoms with Crippen LogP contribution in [0, 0.1) is 0 Å². The van der Waals surface area contributed by atoms with Gasteiger partial charge in [-0.15, -0.1) is 5.10 Å². The Bertz CT molecular complexity index is 3450. The number of hydrogen-bond donors (Lipinski definition) is 11. The number of urea groups is 1. The highest BCUT2D eigenvalue weighted by Gasteiger charge is 2.56. The molecule has 86 heavy (non-hydrogen) atoms. The zero-order valence-corrected chi connectivity index (χ0v) is 49.1. The van der Waals surface area contributed by atoms with Crippen molar-refractivity contribution in [3.63, 3.8) is 0 Å². The first-order chi connectivity index (χ1) is 41.2. The van der Waals surface area contributed by atoms with Crippen molar-refractivity contribution in [3.8, 4) is 0 Å². The quantitative estimate of drug-likeness (QED) is 0.0164. The van der Waals surface area contributed by atoms with E-state index >= 15 is 0 Å². The van der Waals surface area contributed by atoms with E-state index < -0.39 is 96.9 Å². The number of aryl methyl sites for hydroxylation is 1. The number of nitrogen functional groups attached to an aromatic ring is 2. The summed E-state index contributed by atoms with van der Waals surface area (Å²) in [6, 6.07) is 0.261. The van der Waals surface area contributed by atoms with E-state index in [9.17, 15) is 52.7 Å². The number of anilines is 2. The molecule has 42 heteroatoms. The molecule has 5 saturated heterocycles. The smallest absolute Gasteiger partial charge is 0.386 e. The van der Waals surface area contributed by atoms with Crippen LogP contribution in [-0.4, -0.2) is 211 Å². The largest absolute Gasteiger partial charge is 0.472 e. The monoisotopic (exact) mass is 1290 g/mol. The lowest BCUT2D eigenvalue weighted by molar-refractivity contribution is -0.121. The Hall–Kier alpha value is -5.38. The average molecular weight is 1300 g/mol. The molecule has 5 aromatic rings. The average Bonchev–Trinajstić information content (AvgIpc) is 1.70. The molecule has 474 valence electrons. The molecule has 0 spiro atoms. The summed E-state index contributed by atoms with van der Waals surface area (Å²) in [6.45, 7) is 0.399. The molecule has 5 aromatic heterocycles. The first-order valence-electron chi connectivity index (χ1n) is 27.2. The number of thioether (sulfide) groups is 1. The third kappa shape index (κ3) is 15.9. The van der Waals surface area contributed by atoms with Crippen LogP contribution in [0.5, 0.6) is 0 Å². The Morgan fingerprint density at radius 3 is 2.12 bits per heavy atom. The first-order valence-corrected chi connectivity index (χ1v) is 32.7. The van der Waals surface area contributed by atoms with Gasteiger partial charge in [0, 0.05) is 30.2 Å². The molecule has 5 aliphatic heterocycles. The molecule has 14 atom stereocenters. The predicted molar refractivity (Wildman–Crippen MR) is 293 cm³/mol. The number of carbonyl (C=O) groups excluding carboxylic acids is 2. The number of aromatic amines is 2. The fourth-order valence-corrected chi connectivity index (χ4v) is 14.6. The van der Waals surface area contributed by atoms with Crippen molar-refractivity contribution >= 4 is 81.4 Å². The summed E-state index contributed by atoms with van der Waals surface area (Å²) in [7, 11) is -16.0. The number of fused-ring (bicyclic) bond motifs is 5. The number of ether oxygens (including phenoxy) is 5. The number of aliphatic hydroxyl groups excluding tert-OH is 1. The molecular formula is C44H65N16O22P3S. The van der Waals surface area contributed by atoms with Gasteiger partial charge in [0.2, 0.25) is 17.8 Å². The number of imidazole rings is 2. The van der Waals surface area contributed by atoms with Crippen molar-refractivity contribution in [1.82, 2.24) is 70.0 Å². The standard InChI is InChI=1S/C44H65N16O22P3S/c45-42-52-36-30(38(63)54-42)48-21-59(36)40-32(62)33-25(78-40)18-76-85(70,71)81-34-26(19-77-84(68,69)80-33)79-41(60-22-49-31-37(60)53-43(46)55-39(31)64)35(34)82-83(66,67)75-10-4-3-5-23-17-58(57-56-23)9-12-73-14-16-74-15-13-72-11-8-47-28(61)7-2-1-6-27-29-24(20-86-27)50-44(65)51-29/h17,21-22,24-27,29,32-35,40-41,62H,1-16,18-20H2,(H,47,61)(H,66,67)(H,68,69)(H,70,71)(H2,50,51,65)(H3,45,52,54,63)(H3,46,53,55,64)/t24?,25-,26+,27?,29?,32-,33-,34+,35+,40-,41+/m0/s1. The number of aromatic nitrogens is 11. The van der Waals surface area contributed by atoms with E-state index in [1.54, 1.807) is 10.9 Å². The molecule has 5 aliphatic rings. The number of phosphoric ester groups is 3. The second-order valence-electron chi connectivity index (χ2n) is 20.2. The number of H-pyrrole nitrogens is 2. The topological polar surface area (TPSA) is 514 Å².